The highest BCUT2D eigenvalue weighted by molar-refractivity contribution is 5.56. The standard InChI is InChI=1S/C14H14N6O/c15-14(4-2-5-14)13-17-8-10(18-13)12-19-11(20-21-12)9-3-1-6-16-7-9/h1,3,6-8H,2,4-5,15H2,(H,17,18). The van der Waals surface area contributed by atoms with E-state index < -0.39 is 0 Å². The molecule has 106 valence electrons. The van der Waals surface area contributed by atoms with E-state index >= 15 is 0 Å². The lowest BCUT2D eigenvalue weighted by atomic mass is 9.77. The minimum Gasteiger partial charge on any atom is -0.336 e. The SMILES string of the molecule is NC1(c2ncc(-c3nc(-c4cccnc4)no3)[nH]2)CCC1. The molecule has 0 aromatic carbocycles. The monoisotopic (exact) mass is 282 g/mol. The predicted octanol–water partition coefficient (Wildman–Crippen LogP) is 1.86. The maximum absolute atomic E-state index is 6.24. The molecule has 3 heterocycles. The van der Waals surface area contributed by atoms with Crippen LogP contribution in [0.15, 0.2) is 35.2 Å². The van der Waals surface area contributed by atoms with Crippen LogP contribution in [0.25, 0.3) is 23.0 Å². The van der Waals surface area contributed by atoms with Gasteiger partial charge in [-0.25, -0.2) is 4.98 Å². The molecule has 0 bridgehead atoms. The van der Waals surface area contributed by atoms with E-state index in [9.17, 15) is 0 Å². The number of pyridine rings is 1. The van der Waals surface area contributed by atoms with E-state index in [0.717, 1.165) is 30.7 Å². The third kappa shape index (κ3) is 2.02. The number of imidazole rings is 1. The number of nitrogens with two attached hydrogens (primary N) is 1. The lowest BCUT2D eigenvalue weighted by Gasteiger charge is -2.35. The molecule has 3 aromatic heterocycles. The van der Waals surface area contributed by atoms with E-state index in [-0.39, 0.29) is 5.54 Å². The summed E-state index contributed by atoms with van der Waals surface area (Å²) in [6.07, 6.45) is 8.11. The Bertz CT molecular complexity index is 759. The van der Waals surface area contributed by atoms with E-state index in [4.69, 9.17) is 10.3 Å². The summed E-state index contributed by atoms with van der Waals surface area (Å²) in [6.45, 7) is 0. The molecule has 0 atom stereocenters. The third-order valence-corrected chi connectivity index (χ3v) is 3.87. The van der Waals surface area contributed by atoms with Crippen molar-refractivity contribution in [1.29, 1.82) is 0 Å². The number of rotatable bonds is 3. The van der Waals surface area contributed by atoms with Crippen molar-refractivity contribution in [2.45, 2.75) is 24.8 Å². The summed E-state index contributed by atoms with van der Waals surface area (Å²) in [7, 11) is 0. The molecular formula is C14H14N6O. The summed E-state index contributed by atoms with van der Waals surface area (Å²) in [5.74, 6) is 1.68. The second-order valence-corrected chi connectivity index (χ2v) is 5.32. The molecular weight excluding hydrogens is 268 g/mol. The highest BCUT2D eigenvalue weighted by Crippen LogP contribution is 2.37. The van der Waals surface area contributed by atoms with E-state index in [1.165, 1.54) is 0 Å². The molecule has 0 amide bonds. The van der Waals surface area contributed by atoms with Gasteiger partial charge in [0, 0.05) is 18.0 Å². The van der Waals surface area contributed by atoms with Gasteiger partial charge in [-0.1, -0.05) is 5.16 Å². The van der Waals surface area contributed by atoms with Crippen LogP contribution in [0.2, 0.25) is 0 Å². The zero-order valence-electron chi connectivity index (χ0n) is 11.3. The van der Waals surface area contributed by atoms with Crippen molar-refractivity contribution in [3.8, 4) is 23.0 Å². The van der Waals surface area contributed by atoms with Gasteiger partial charge in [0.2, 0.25) is 5.82 Å². The summed E-state index contributed by atoms with van der Waals surface area (Å²) in [5, 5.41) is 3.96. The molecule has 4 rings (SSSR count). The zero-order valence-corrected chi connectivity index (χ0v) is 11.3. The summed E-state index contributed by atoms with van der Waals surface area (Å²) < 4.78 is 5.28. The Balaban J connectivity index is 1.64. The zero-order chi connectivity index (χ0) is 14.3. The minimum absolute atomic E-state index is 0.329. The topological polar surface area (TPSA) is 107 Å². The maximum atomic E-state index is 6.24. The second kappa shape index (κ2) is 4.49. The molecule has 0 spiro atoms. The Kier molecular flexibility index (Phi) is 2.61. The van der Waals surface area contributed by atoms with Crippen LogP contribution >= 0.6 is 0 Å². The van der Waals surface area contributed by atoms with Gasteiger partial charge in [0.25, 0.3) is 5.89 Å². The Morgan fingerprint density at radius 3 is 2.90 bits per heavy atom. The van der Waals surface area contributed by atoms with E-state index in [1.807, 2.05) is 12.1 Å². The van der Waals surface area contributed by atoms with Crippen molar-refractivity contribution in [2.75, 3.05) is 0 Å². The van der Waals surface area contributed by atoms with Gasteiger partial charge < -0.3 is 15.2 Å². The smallest absolute Gasteiger partial charge is 0.276 e. The van der Waals surface area contributed by atoms with E-state index in [2.05, 4.69) is 25.1 Å². The number of hydrogen-bond acceptors (Lipinski definition) is 6. The Morgan fingerprint density at radius 1 is 1.29 bits per heavy atom. The van der Waals surface area contributed by atoms with Crippen LogP contribution in [-0.2, 0) is 5.54 Å². The number of nitrogens with one attached hydrogen (secondary N) is 1. The lowest BCUT2D eigenvalue weighted by molar-refractivity contribution is 0.240. The van der Waals surface area contributed by atoms with Crippen LogP contribution in [-0.4, -0.2) is 25.1 Å². The molecule has 0 unspecified atom stereocenters. The van der Waals surface area contributed by atoms with Gasteiger partial charge in [-0.15, -0.1) is 0 Å². The number of aromatic amines is 1. The van der Waals surface area contributed by atoms with Gasteiger partial charge in [0.15, 0.2) is 0 Å². The number of hydrogen-bond donors (Lipinski definition) is 2. The largest absolute Gasteiger partial charge is 0.336 e. The second-order valence-electron chi connectivity index (χ2n) is 5.32. The quantitative estimate of drug-likeness (QED) is 0.759. The first-order valence-electron chi connectivity index (χ1n) is 6.83. The van der Waals surface area contributed by atoms with Crippen LogP contribution < -0.4 is 5.73 Å². The minimum atomic E-state index is -0.329. The van der Waals surface area contributed by atoms with Crippen LogP contribution in [0.3, 0.4) is 0 Å². The average Bonchev–Trinajstić information content (AvgIpc) is 3.14. The molecule has 1 saturated carbocycles. The molecule has 21 heavy (non-hydrogen) atoms. The summed E-state index contributed by atoms with van der Waals surface area (Å²) in [4.78, 5) is 15.9. The van der Waals surface area contributed by atoms with Gasteiger partial charge in [0.1, 0.15) is 11.5 Å². The van der Waals surface area contributed by atoms with Crippen molar-refractivity contribution in [2.24, 2.45) is 5.73 Å². The van der Waals surface area contributed by atoms with Gasteiger partial charge in [-0.2, -0.15) is 4.98 Å². The van der Waals surface area contributed by atoms with Crippen molar-refractivity contribution in [3.05, 3.63) is 36.5 Å². The van der Waals surface area contributed by atoms with Crippen molar-refractivity contribution in [3.63, 3.8) is 0 Å². The Morgan fingerprint density at radius 2 is 2.19 bits per heavy atom. The highest BCUT2D eigenvalue weighted by atomic mass is 16.5. The van der Waals surface area contributed by atoms with Crippen LogP contribution in [0.1, 0.15) is 25.1 Å². The highest BCUT2D eigenvalue weighted by Gasteiger charge is 2.37. The summed E-state index contributed by atoms with van der Waals surface area (Å²) in [6, 6.07) is 3.71. The van der Waals surface area contributed by atoms with Gasteiger partial charge >= 0.3 is 0 Å². The normalized spacial score (nSPS) is 16.6. The van der Waals surface area contributed by atoms with Crippen LogP contribution in [0.5, 0.6) is 0 Å². The first-order chi connectivity index (χ1) is 10.2. The molecule has 0 radical (unpaired) electrons. The number of nitrogens with zero attached hydrogens (tertiary/aromatic N) is 4. The van der Waals surface area contributed by atoms with Crippen LogP contribution in [0.4, 0.5) is 0 Å². The van der Waals surface area contributed by atoms with Crippen molar-refractivity contribution < 1.29 is 4.52 Å². The summed E-state index contributed by atoms with van der Waals surface area (Å²) >= 11 is 0. The first-order valence-corrected chi connectivity index (χ1v) is 6.83. The predicted molar refractivity (Wildman–Crippen MR) is 74.8 cm³/mol. The Labute approximate surface area is 120 Å². The van der Waals surface area contributed by atoms with Gasteiger partial charge in [-0.05, 0) is 31.4 Å². The molecule has 0 saturated heterocycles. The van der Waals surface area contributed by atoms with Crippen molar-refractivity contribution >= 4 is 0 Å². The molecule has 1 aliphatic rings. The number of aromatic nitrogens is 5. The van der Waals surface area contributed by atoms with Crippen molar-refractivity contribution in [1.82, 2.24) is 25.1 Å². The fourth-order valence-electron chi connectivity index (χ4n) is 2.42. The number of H-pyrrole nitrogens is 1. The Hall–Kier alpha value is -2.54. The lowest BCUT2D eigenvalue weighted by Crippen LogP contribution is -2.44. The third-order valence-electron chi connectivity index (χ3n) is 3.87. The molecule has 7 nitrogen and oxygen atoms in total. The van der Waals surface area contributed by atoms with Crippen LogP contribution in [0, 0.1) is 0 Å². The molecule has 7 heteroatoms. The molecule has 0 aliphatic heterocycles. The van der Waals surface area contributed by atoms with E-state index in [0.29, 0.717) is 17.4 Å². The maximum Gasteiger partial charge on any atom is 0.276 e. The van der Waals surface area contributed by atoms with E-state index in [1.54, 1.807) is 18.6 Å². The molecule has 3 N–H and O–H groups in total. The average molecular weight is 282 g/mol. The fraction of sp³-hybridized carbons (Fsp3) is 0.286. The molecule has 3 aromatic rings. The van der Waals surface area contributed by atoms with Gasteiger partial charge in [-0.3, -0.25) is 4.98 Å². The first kappa shape index (κ1) is 12.2. The van der Waals surface area contributed by atoms with Gasteiger partial charge in [0.05, 0.1) is 11.7 Å². The fourth-order valence-corrected chi connectivity index (χ4v) is 2.42. The molecule has 1 aliphatic carbocycles. The summed E-state index contributed by atoms with van der Waals surface area (Å²) in [5.41, 5.74) is 7.41. The molecule has 1 fully saturated rings.